The van der Waals surface area contributed by atoms with E-state index in [1.54, 1.807) is 13.8 Å². The number of esters is 1. The summed E-state index contributed by atoms with van der Waals surface area (Å²) in [4.78, 5) is 12.8. The van der Waals surface area contributed by atoms with Gasteiger partial charge < -0.3 is 19.7 Å². The highest BCUT2D eigenvalue weighted by Crippen LogP contribution is 2.38. The quantitative estimate of drug-likeness (QED) is 0.159. The number of hydrogen-bond donors (Lipinski definition) is 2. The minimum Gasteiger partial charge on any atom is -0.507 e. The molecule has 1 aliphatic carbocycles. The van der Waals surface area contributed by atoms with Crippen LogP contribution in [0, 0.1) is 5.92 Å². The van der Waals surface area contributed by atoms with E-state index in [0.717, 1.165) is 55.8 Å². The van der Waals surface area contributed by atoms with E-state index < -0.39 is 0 Å². The topological polar surface area (TPSA) is 76.0 Å². The molecule has 0 atom stereocenters. The van der Waals surface area contributed by atoms with Gasteiger partial charge in [-0.3, -0.25) is 4.79 Å². The molecule has 0 amide bonds. The summed E-state index contributed by atoms with van der Waals surface area (Å²) in [6.07, 6.45) is 1.66. The second kappa shape index (κ2) is 12.7. The van der Waals surface area contributed by atoms with Crippen LogP contribution < -0.4 is 9.47 Å². The Balaban J connectivity index is 1.50. The molecule has 2 N–H and O–H groups in total. The lowest BCUT2D eigenvalue weighted by molar-refractivity contribution is -0.137. The summed E-state index contributed by atoms with van der Waals surface area (Å²) >= 11 is 0. The van der Waals surface area contributed by atoms with Crippen molar-refractivity contribution in [1.82, 2.24) is 0 Å². The Hall–Kier alpha value is -5.03. The predicted octanol–water partition coefficient (Wildman–Crippen LogP) is 7.91. The van der Waals surface area contributed by atoms with Crippen LogP contribution in [0.2, 0.25) is 0 Å². The molecule has 5 aromatic carbocycles. The van der Waals surface area contributed by atoms with Crippen LogP contribution in [-0.2, 0) is 37.1 Å². The first kappa shape index (κ1) is 29.1. The molecular formula is C39H36O5. The summed E-state index contributed by atoms with van der Waals surface area (Å²) in [7, 11) is 0. The van der Waals surface area contributed by atoms with Crippen molar-refractivity contribution < 1.29 is 24.5 Å². The van der Waals surface area contributed by atoms with E-state index >= 15 is 0 Å². The molecule has 0 unspecified atom stereocenters. The van der Waals surface area contributed by atoms with Crippen LogP contribution in [0.4, 0.5) is 0 Å². The summed E-state index contributed by atoms with van der Waals surface area (Å²) in [5.41, 5.74) is 7.56. The van der Waals surface area contributed by atoms with Gasteiger partial charge in [0.2, 0.25) is 0 Å². The lowest BCUT2D eigenvalue weighted by Gasteiger charge is -2.20. The molecule has 44 heavy (non-hydrogen) atoms. The number of phenols is 2. The van der Waals surface area contributed by atoms with Crippen LogP contribution in [0.3, 0.4) is 0 Å². The van der Waals surface area contributed by atoms with Gasteiger partial charge >= 0.3 is 5.97 Å². The lowest BCUT2D eigenvalue weighted by atomic mass is 9.91. The Labute approximate surface area is 258 Å². The Bertz CT molecular complexity index is 1710. The van der Waals surface area contributed by atoms with Crippen LogP contribution >= 0.6 is 0 Å². The highest BCUT2D eigenvalue weighted by molar-refractivity contribution is 5.75. The Morgan fingerprint density at radius 2 is 0.955 bits per heavy atom. The fourth-order valence-electron chi connectivity index (χ4n) is 5.78. The second-order valence-electron chi connectivity index (χ2n) is 11.7. The van der Waals surface area contributed by atoms with Crippen LogP contribution in [0.1, 0.15) is 63.9 Å². The molecule has 5 heteroatoms. The van der Waals surface area contributed by atoms with Crippen molar-refractivity contribution in [3.8, 4) is 23.0 Å². The van der Waals surface area contributed by atoms with Crippen molar-refractivity contribution >= 4 is 5.97 Å². The monoisotopic (exact) mass is 584 g/mol. The van der Waals surface area contributed by atoms with Gasteiger partial charge in [-0.05, 0) is 50.1 Å². The van der Waals surface area contributed by atoms with Gasteiger partial charge in [0.15, 0.2) is 0 Å². The first-order valence-electron chi connectivity index (χ1n) is 15.1. The third-order valence-electron chi connectivity index (χ3n) is 8.19. The summed E-state index contributed by atoms with van der Waals surface area (Å²) in [5, 5.41) is 23.1. The highest BCUT2D eigenvalue weighted by atomic mass is 16.5. The van der Waals surface area contributed by atoms with E-state index in [0.29, 0.717) is 38.0 Å². The van der Waals surface area contributed by atoms with Crippen LogP contribution in [0.25, 0.3) is 0 Å². The second-order valence-corrected chi connectivity index (χ2v) is 11.7. The van der Waals surface area contributed by atoms with Crippen molar-refractivity contribution in [3.63, 3.8) is 0 Å². The molecule has 222 valence electrons. The fraction of sp³-hybridized carbons (Fsp3) is 0.205. The zero-order valence-corrected chi connectivity index (χ0v) is 25.0. The lowest BCUT2D eigenvalue weighted by Crippen LogP contribution is -2.17. The fourth-order valence-corrected chi connectivity index (χ4v) is 5.78. The van der Waals surface area contributed by atoms with Crippen molar-refractivity contribution in [2.75, 3.05) is 0 Å². The molecule has 0 aromatic heterocycles. The van der Waals surface area contributed by atoms with Crippen molar-refractivity contribution in [2.24, 2.45) is 5.92 Å². The molecule has 0 radical (unpaired) electrons. The number of carbonyl (C=O) groups excluding carboxylic acids is 1. The van der Waals surface area contributed by atoms with Gasteiger partial charge in [-0.2, -0.15) is 0 Å². The minimum atomic E-state index is -0.328. The smallest absolute Gasteiger partial charge is 0.313 e. The van der Waals surface area contributed by atoms with E-state index in [4.69, 9.17) is 9.47 Å². The number of para-hydroxylation sites is 4. The average molecular weight is 585 g/mol. The first-order chi connectivity index (χ1) is 21.4. The number of fused-ring (bicyclic) bond motifs is 8. The number of benzene rings is 5. The van der Waals surface area contributed by atoms with Gasteiger partial charge in [0.1, 0.15) is 29.6 Å². The molecule has 5 aromatic rings. The van der Waals surface area contributed by atoms with Crippen molar-refractivity contribution in [2.45, 2.75) is 46.1 Å². The molecule has 0 spiro atoms. The number of carbonyl (C=O) groups is 1. The largest absolute Gasteiger partial charge is 0.507 e. The third-order valence-corrected chi connectivity index (χ3v) is 8.19. The van der Waals surface area contributed by atoms with E-state index in [2.05, 4.69) is 0 Å². The summed E-state index contributed by atoms with van der Waals surface area (Å²) in [5.74, 6) is 1.03. The van der Waals surface area contributed by atoms with Gasteiger partial charge in [0.05, 0.1) is 5.92 Å². The zero-order valence-electron chi connectivity index (χ0n) is 25.0. The maximum Gasteiger partial charge on any atom is 0.313 e. The van der Waals surface area contributed by atoms with Crippen LogP contribution in [0.15, 0.2) is 103 Å². The number of aromatic hydroxyl groups is 2. The summed E-state index contributed by atoms with van der Waals surface area (Å²) < 4.78 is 12.5. The van der Waals surface area contributed by atoms with Crippen LogP contribution in [-0.4, -0.2) is 16.2 Å². The molecule has 6 rings (SSSR count). The molecular weight excluding hydrogens is 548 g/mol. The Morgan fingerprint density at radius 1 is 0.568 bits per heavy atom. The van der Waals surface area contributed by atoms with Crippen molar-refractivity contribution in [3.05, 3.63) is 153 Å². The van der Waals surface area contributed by atoms with Crippen LogP contribution in [0.5, 0.6) is 23.0 Å². The predicted molar refractivity (Wildman–Crippen MR) is 172 cm³/mol. The highest BCUT2D eigenvalue weighted by Gasteiger charge is 2.22. The molecule has 1 aliphatic rings. The van der Waals surface area contributed by atoms with E-state index in [9.17, 15) is 15.0 Å². The third kappa shape index (κ3) is 6.18. The number of rotatable bonds is 5. The molecule has 0 aliphatic heterocycles. The van der Waals surface area contributed by atoms with Gasteiger partial charge in [-0.15, -0.1) is 0 Å². The maximum absolute atomic E-state index is 12.8. The standard InChI is InChI=1S/C39H36O5/c1-25(2)39(42)44-38-33-18-9-19-34(38)23-30-15-7-13-28(36(30)41)21-32-17-8-16-31(20-27-12-6-14-29(22-33)35(27)40)37(32)43-24-26-10-4-3-5-11-26/h3-19,25,40-41H,20-24H2,1-2H3. The molecule has 0 fully saturated rings. The van der Waals surface area contributed by atoms with E-state index in [1.165, 1.54) is 0 Å². The molecule has 8 bridgehead atoms. The minimum absolute atomic E-state index is 0.216. The number of ether oxygens (including phenoxy) is 2. The Kier molecular flexibility index (Phi) is 8.38. The SMILES string of the molecule is CC(C)C(=O)Oc1c2cccc1Cc1cccc(c1O)Cc1cccc(c1OCc1ccccc1)Cc1cccc(c1O)C2. The first-order valence-corrected chi connectivity index (χ1v) is 15.1. The van der Waals surface area contributed by atoms with E-state index in [-0.39, 0.29) is 23.4 Å². The number of hydrogen-bond acceptors (Lipinski definition) is 5. The number of phenolic OH excluding ortho intramolecular Hbond substituents is 2. The van der Waals surface area contributed by atoms with Gasteiger partial charge in [-0.1, -0.05) is 117 Å². The van der Waals surface area contributed by atoms with Crippen molar-refractivity contribution in [1.29, 1.82) is 0 Å². The molecule has 0 saturated heterocycles. The molecule has 5 nitrogen and oxygen atoms in total. The van der Waals surface area contributed by atoms with Gasteiger partial charge in [0.25, 0.3) is 0 Å². The average Bonchev–Trinajstić information content (AvgIpc) is 3.02. The molecule has 0 heterocycles. The molecule has 0 saturated carbocycles. The van der Waals surface area contributed by atoms with E-state index in [1.807, 2.05) is 103 Å². The summed E-state index contributed by atoms with van der Waals surface area (Å²) in [6, 6.07) is 33.5. The normalized spacial score (nSPS) is 12.5. The van der Waals surface area contributed by atoms with Gasteiger partial charge in [-0.25, -0.2) is 0 Å². The van der Waals surface area contributed by atoms with Gasteiger partial charge in [0, 0.05) is 25.7 Å². The maximum atomic E-state index is 12.8. The zero-order chi connectivity index (χ0) is 30.6. The summed E-state index contributed by atoms with van der Waals surface area (Å²) in [6.45, 7) is 4.01. The Morgan fingerprint density at radius 3 is 1.36 bits per heavy atom.